The van der Waals surface area contributed by atoms with Crippen molar-refractivity contribution in [3.8, 4) is 17.2 Å². The van der Waals surface area contributed by atoms with Gasteiger partial charge in [0.15, 0.2) is 5.82 Å². The van der Waals surface area contributed by atoms with Crippen LogP contribution >= 0.6 is 0 Å². The summed E-state index contributed by atoms with van der Waals surface area (Å²) in [6.45, 7) is 6.97. The van der Waals surface area contributed by atoms with Gasteiger partial charge in [-0.1, -0.05) is 31.1 Å². The third-order valence-electron chi connectivity index (χ3n) is 5.52. The Hall–Kier alpha value is -2.41. The van der Waals surface area contributed by atoms with Gasteiger partial charge in [-0.15, -0.1) is 0 Å². The van der Waals surface area contributed by atoms with Crippen molar-refractivity contribution in [3.63, 3.8) is 0 Å². The normalized spacial score (nSPS) is 20.4. The summed E-state index contributed by atoms with van der Waals surface area (Å²) in [4.78, 5) is 18.9. The van der Waals surface area contributed by atoms with E-state index < -0.39 is 0 Å². The summed E-state index contributed by atoms with van der Waals surface area (Å²) in [5.41, 5.74) is 0.797. The molecule has 1 amide bonds. The first kappa shape index (κ1) is 19.9. The van der Waals surface area contributed by atoms with Gasteiger partial charge in [-0.2, -0.15) is 4.98 Å². The van der Waals surface area contributed by atoms with Crippen molar-refractivity contribution < 1.29 is 18.8 Å². The second-order valence-corrected chi connectivity index (χ2v) is 8.31. The number of likely N-dealkylation sites (tertiary alicyclic amines) is 1. The third-order valence-corrected chi connectivity index (χ3v) is 5.52. The van der Waals surface area contributed by atoms with Crippen molar-refractivity contribution >= 4 is 5.91 Å². The molecule has 2 aromatic rings. The zero-order chi connectivity index (χ0) is 20.2. The van der Waals surface area contributed by atoms with Gasteiger partial charge in [0.05, 0.1) is 12.1 Å². The average molecular weight is 399 g/mol. The van der Waals surface area contributed by atoms with E-state index in [4.69, 9.17) is 14.0 Å². The molecule has 156 valence electrons. The van der Waals surface area contributed by atoms with E-state index in [1.54, 1.807) is 0 Å². The number of para-hydroxylation sites is 1. The van der Waals surface area contributed by atoms with Crippen molar-refractivity contribution in [2.45, 2.75) is 51.6 Å². The molecule has 3 heterocycles. The van der Waals surface area contributed by atoms with Crippen LogP contribution in [0.15, 0.2) is 28.8 Å². The molecule has 0 aliphatic carbocycles. The Kier molecular flexibility index (Phi) is 6.13. The first-order valence-corrected chi connectivity index (χ1v) is 10.6. The van der Waals surface area contributed by atoms with Crippen LogP contribution in [-0.2, 0) is 9.53 Å². The number of nitrogens with zero attached hydrogens (tertiary/aromatic N) is 3. The Balaban J connectivity index is 1.44. The Morgan fingerprint density at radius 3 is 2.83 bits per heavy atom. The van der Waals surface area contributed by atoms with Gasteiger partial charge in [0.25, 0.3) is 5.89 Å². The van der Waals surface area contributed by atoms with E-state index in [0.29, 0.717) is 24.8 Å². The highest BCUT2D eigenvalue weighted by Gasteiger charge is 2.29. The quantitative estimate of drug-likeness (QED) is 0.738. The smallest absolute Gasteiger partial charge is 0.261 e. The number of ether oxygens (including phenoxy) is 2. The molecule has 0 saturated carbocycles. The molecule has 0 bridgehead atoms. The van der Waals surface area contributed by atoms with Crippen LogP contribution in [0.3, 0.4) is 0 Å². The Morgan fingerprint density at radius 1 is 1.24 bits per heavy atom. The van der Waals surface area contributed by atoms with Crippen molar-refractivity contribution in [1.82, 2.24) is 15.0 Å². The van der Waals surface area contributed by atoms with Crippen molar-refractivity contribution in [2.75, 3.05) is 26.3 Å². The maximum absolute atomic E-state index is 12.3. The first-order valence-electron chi connectivity index (χ1n) is 10.6. The van der Waals surface area contributed by atoms with Crippen molar-refractivity contribution in [3.05, 3.63) is 30.1 Å². The highest BCUT2D eigenvalue weighted by Crippen LogP contribution is 2.33. The number of carbonyl (C=O) groups is 1. The molecule has 2 saturated heterocycles. The highest BCUT2D eigenvalue weighted by molar-refractivity contribution is 5.76. The van der Waals surface area contributed by atoms with Gasteiger partial charge < -0.3 is 18.9 Å². The zero-order valence-electron chi connectivity index (χ0n) is 17.2. The number of hydrogen-bond acceptors (Lipinski definition) is 6. The number of carbonyl (C=O) groups excluding carboxylic acids is 1. The van der Waals surface area contributed by atoms with E-state index in [0.717, 1.165) is 56.2 Å². The van der Waals surface area contributed by atoms with E-state index >= 15 is 0 Å². The molecule has 7 heteroatoms. The fraction of sp³-hybridized carbons (Fsp3) is 0.591. The van der Waals surface area contributed by atoms with E-state index in [2.05, 4.69) is 24.0 Å². The minimum Gasteiger partial charge on any atom is -0.488 e. The average Bonchev–Trinajstić information content (AvgIpc) is 3.39. The molecule has 2 aliphatic rings. The predicted octanol–water partition coefficient (Wildman–Crippen LogP) is 3.66. The van der Waals surface area contributed by atoms with Crippen LogP contribution in [0.5, 0.6) is 5.75 Å². The molecule has 0 N–H and O–H groups in total. The van der Waals surface area contributed by atoms with E-state index in [1.165, 1.54) is 0 Å². The molecule has 2 fully saturated rings. The molecular weight excluding hydrogens is 370 g/mol. The van der Waals surface area contributed by atoms with Crippen molar-refractivity contribution in [1.29, 1.82) is 0 Å². The molecular formula is C22H29N3O4. The summed E-state index contributed by atoms with van der Waals surface area (Å²) in [5.74, 6) is 2.79. The molecule has 29 heavy (non-hydrogen) atoms. The van der Waals surface area contributed by atoms with Crippen LogP contribution in [0.4, 0.5) is 0 Å². The first-order chi connectivity index (χ1) is 14.1. The number of hydrogen-bond donors (Lipinski definition) is 0. The zero-order valence-corrected chi connectivity index (χ0v) is 17.2. The van der Waals surface area contributed by atoms with E-state index in [9.17, 15) is 4.79 Å². The second kappa shape index (κ2) is 8.95. The third kappa shape index (κ3) is 4.78. The maximum atomic E-state index is 12.3. The molecule has 1 aromatic carbocycles. The van der Waals surface area contributed by atoms with Gasteiger partial charge in [-0.05, 0) is 30.9 Å². The molecule has 0 radical (unpaired) electrons. The Bertz CT molecular complexity index is 829. The van der Waals surface area contributed by atoms with Gasteiger partial charge in [-0.25, -0.2) is 0 Å². The minimum atomic E-state index is -0.0230. The number of rotatable bonds is 6. The largest absolute Gasteiger partial charge is 0.488 e. The lowest BCUT2D eigenvalue weighted by Crippen LogP contribution is -2.31. The maximum Gasteiger partial charge on any atom is 0.261 e. The lowest BCUT2D eigenvalue weighted by molar-refractivity contribution is -0.131. The molecule has 1 unspecified atom stereocenters. The number of benzene rings is 1. The predicted molar refractivity (Wildman–Crippen MR) is 108 cm³/mol. The molecule has 1 aromatic heterocycles. The summed E-state index contributed by atoms with van der Waals surface area (Å²) < 4.78 is 17.2. The lowest BCUT2D eigenvalue weighted by Gasteiger charge is -2.19. The van der Waals surface area contributed by atoms with Gasteiger partial charge >= 0.3 is 0 Å². The van der Waals surface area contributed by atoms with Crippen LogP contribution in [0.2, 0.25) is 0 Å². The minimum absolute atomic E-state index is 0.0230. The van der Waals surface area contributed by atoms with E-state index in [1.807, 2.05) is 29.2 Å². The topological polar surface area (TPSA) is 77.7 Å². The van der Waals surface area contributed by atoms with Crippen LogP contribution in [0.1, 0.15) is 51.3 Å². The summed E-state index contributed by atoms with van der Waals surface area (Å²) in [6.07, 6.45) is 3.22. The molecule has 7 nitrogen and oxygen atoms in total. The van der Waals surface area contributed by atoms with Crippen LogP contribution < -0.4 is 4.74 Å². The van der Waals surface area contributed by atoms with Crippen LogP contribution in [-0.4, -0.2) is 53.4 Å². The molecule has 1 atom stereocenters. The standard InChI is InChI=1S/C22H29N3O4/c1-15(2)13-20(26)25-10-7-17(14-25)28-19-6-4-3-5-18(19)22-23-21(24-29-22)16-8-11-27-12-9-16/h3-6,15-17H,7-14H2,1-2H3. The van der Waals surface area contributed by atoms with Gasteiger partial charge in [0.2, 0.25) is 5.91 Å². The molecule has 0 spiro atoms. The SMILES string of the molecule is CC(C)CC(=O)N1CCC(Oc2ccccc2-c2nc(C3CCOCC3)no2)C1. The van der Waals surface area contributed by atoms with Crippen LogP contribution in [0, 0.1) is 5.92 Å². The lowest BCUT2D eigenvalue weighted by atomic mass is 10.00. The fourth-order valence-corrected chi connectivity index (χ4v) is 3.92. The fourth-order valence-electron chi connectivity index (χ4n) is 3.92. The molecule has 2 aliphatic heterocycles. The van der Waals surface area contributed by atoms with E-state index in [-0.39, 0.29) is 17.9 Å². The Labute approximate surface area is 171 Å². The van der Waals surface area contributed by atoms with Gasteiger partial charge in [0, 0.05) is 38.5 Å². The monoisotopic (exact) mass is 399 g/mol. The number of amides is 1. The summed E-state index contributed by atoms with van der Waals surface area (Å²) in [7, 11) is 0. The number of aromatic nitrogens is 2. The van der Waals surface area contributed by atoms with Crippen molar-refractivity contribution in [2.24, 2.45) is 5.92 Å². The molecule has 4 rings (SSSR count). The highest BCUT2D eigenvalue weighted by atomic mass is 16.5. The summed E-state index contributed by atoms with van der Waals surface area (Å²) in [5, 5.41) is 4.20. The second-order valence-electron chi connectivity index (χ2n) is 8.31. The summed E-state index contributed by atoms with van der Waals surface area (Å²) >= 11 is 0. The van der Waals surface area contributed by atoms with Gasteiger partial charge in [0.1, 0.15) is 11.9 Å². The summed E-state index contributed by atoms with van der Waals surface area (Å²) in [6, 6.07) is 7.73. The Morgan fingerprint density at radius 2 is 2.03 bits per heavy atom. The van der Waals surface area contributed by atoms with Gasteiger partial charge in [-0.3, -0.25) is 4.79 Å². The van der Waals surface area contributed by atoms with Crippen LogP contribution in [0.25, 0.3) is 11.5 Å².